The molecule has 2 amide bonds. The molecule has 0 aromatic carbocycles. The van der Waals surface area contributed by atoms with E-state index in [4.69, 9.17) is 19.5 Å². The van der Waals surface area contributed by atoms with Crippen LogP contribution in [0.4, 0.5) is 5.82 Å². The van der Waals surface area contributed by atoms with Crippen molar-refractivity contribution in [2.45, 2.75) is 135 Å². The molecule has 0 saturated carbocycles. The van der Waals surface area contributed by atoms with Gasteiger partial charge in [0.05, 0.1) is 19.5 Å². The van der Waals surface area contributed by atoms with Gasteiger partial charge in [-0.1, -0.05) is 119 Å². The third-order valence-corrected chi connectivity index (χ3v) is 14.8. The SMILES string of the molecule is CC/C=C\C/C=C\C/C=C\C/C=C\C/C=C\CCCCCCC/C=C/C(=O)SCCNC(=O)CCNC(=O)[C@H](O)C(C)(C)COP(=O)(O)OP(=O)(O)OC[C@H]1O[C@@H](n2cnc3c(N)ncnc32)[C@H](O)[C@@H]1OP(=O)(O)O. The maximum atomic E-state index is 12.8. The van der Waals surface area contributed by atoms with Crippen molar-refractivity contribution in [2.24, 2.45) is 5.41 Å². The number of aromatic nitrogens is 4. The van der Waals surface area contributed by atoms with Gasteiger partial charge in [0.2, 0.25) is 16.9 Å². The first-order valence-corrected chi connectivity index (χ1v) is 30.0. The zero-order chi connectivity index (χ0) is 55.3. The van der Waals surface area contributed by atoms with Gasteiger partial charge in [0.15, 0.2) is 17.7 Å². The topological polar surface area (TPSA) is 364 Å². The van der Waals surface area contributed by atoms with Crippen LogP contribution >= 0.6 is 35.2 Å². The number of nitrogens with two attached hydrogens (primary N) is 1. The van der Waals surface area contributed by atoms with E-state index >= 15 is 0 Å². The summed E-state index contributed by atoms with van der Waals surface area (Å²) in [7, 11) is -16.4. The van der Waals surface area contributed by atoms with Crippen LogP contribution in [-0.4, -0.2) is 123 Å². The molecule has 1 aliphatic rings. The van der Waals surface area contributed by atoms with Crippen molar-refractivity contribution in [3.8, 4) is 0 Å². The summed E-state index contributed by atoms with van der Waals surface area (Å²) in [4.78, 5) is 88.5. The number of fused-ring (bicyclic) bond motifs is 1. The number of allylic oxidation sites excluding steroid dienone is 11. The number of ether oxygens (including phenoxy) is 1. The highest BCUT2D eigenvalue weighted by Gasteiger charge is 2.50. The Morgan fingerprint density at radius 2 is 1.41 bits per heavy atom. The van der Waals surface area contributed by atoms with E-state index < -0.39 is 84.6 Å². The number of aliphatic hydroxyl groups excluding tert-OH is 2. The number of nitrogen functional groups attached to an aromatic ring is 1. The molecule has 3 rings (SSSR count). The van der Waals surface area contributed by atoms with Crippen molar-refractivity contribution in [2.75, 3.05) is 37.8 Å². The van der Waals surface area contributed by atoms with Crippen molar-refractivity contribution in [3.63, 3.8) is 0 Å². The first kappa shape index (κ1) is 65.3. The summed E-state index contributed by atoms with van der Waals surface area (Å²) in [6.45, 7) is 2.62. The quantitative estimate of drug-likeness (QED) is 0.0147. The smallest absolute Gasteiger partial charge is 0.386 e. The lowest BCUT2D eigenvalue weighted by molar-refractivity contribution is -0.137. The summed E-state index contributed by atoms with van der Waals surface area (Å²) in [6, 6.07) is 0. The van der Waals surface area contributed by atoms with Gasteiger partial charge in [-0.15, -0.1) is 0 Å². The molecule has 10 N–H and O–H groups in total. The van der Waals surface area contributed by atoms with Crippen molar-refractivity contribution in [1.29, 1.82) is 0 Å². The molecule has 7 atom stereocenters. The molecule has 28 heteroatoms. The van der Waals surface area contributed by atoms with E-state index in [0.717, 1.165) is 99.6 Å². The standard InChI is InChI=1S/C47H74N7O17P3S/c1-4-5-6-7-8-9-10-11-12-13-14-15-16-17-18-19-20-21-22-23-24-25-26-27-38(56)75-31-30-49-37(55)28-29-50-45(59)42(58)47(2,3)33-68-74(65,66)71-73(63,64)67-32-36-41(70-72(60,61)62)40(57)46(69-36)54-35-53-39-43(48)51-34-52-44(39)54/h5-6,8-9,11-12,14-15,17-18,26-27,34-36,40-42,46,57-58H,4,7,10,13,16,19-25,28-33H2,1-3H3,(H,49,55)(H,50,59)(H,63,64)(H,65,66)(H2,48,51,52)(H2,60,61,62)/b6-5-,9-8-,12-11-,15-14-,18-17-,27-26+/t36-,40-,41-,42+,46-/m1/s1. The fourth-order valence-electron chi connectivity index (χ4n) is 6.93. The Morgan fingerprint density at radius 1 is 0.827 bits per heavy atom. The molecule has 0 radical (unpaired) electrons. The van der Waals surface area contributed by atoms with Gasteiger partial charge in [-0.2, -0.15) is 4.31 Å². The van der Waals surface area contributed by atoms with Crippen LogP contribution in [0.2, 0.25) is 0 Å². The number of carbonyl (C=O) groups is 3. The number of phosphoric ester groups is 3. The second-order valence-corrected chi connectivity index (χ2v) is 23.0. The molecular weight excluding hydrogens is 1060 g/mol. The third-order valence-electron chi connectivity index (χ3n) is 10.9. The number of imidazole rings is 1. The van der Waals surface area contributed by atoms with Crippen LogP contribution in [0.3, 0.4) is 0 Å². The molecule has 420 valence electrons. The number of aliphatic hydroxyl groups is 2. The normalized spacial score (nSPS) is 19.9. The number of carbonyl (C=O) groups excluding carboxylic acids is 3. The average molecular weight is 1130 g/mol. The van der Waals surface area contributed by atoms with Crippen LogP contribution in [0, 0.1) is 5.41 Å². The molecule has 75 heavy (non-hydrogen) atoms. The lowest BCUT2D eigenvalue weighted by Crippen LogP contribution is -2.46. The molecule has 0 aliphatic carbocycles. The van der Waals surface area contributed by atoms with Gasteiger partial charge >= 0.3 is 23.5 Å². The number of hydrogen-bond acceptors (Lipinski definition) is 18. The van der Waals surface area contributed by atoms with E-state index in [2.05, 4.69) is 102 Å². The Balaban J connectivity index is 1.24. The second-order valence-electron chi connectivity index (χ2n) is 17.7. The lowest BCUT2D eigenvalue weighted by atomic mass is 9.87. The van der Waals surface area contributed by atoms with Crippen LogP contribution in [0.1, 0.15) is 110 Å². The number of amides is 2. The van der Waals surface area contributed by atoms with E-state index in [1.54, 1.807) is 0 Å². The van der Waals surface area contributed by atoms with Crippen molar-refractivity contribution in [1.82, 2.24) is 30.2 Å². The Hall–Kier alpha value is -4.00. The highest BCUT2D eigenvalue weighted by Crippen LogP contribution is 2.61. The van der Waals surface area contributed by atoms with Crippen LogP contribution in [0.5, 0.6) is 0 Å². The number of nitrogens with one attached hydrogen (secondary N) is 2. The number of phosphoric acid groups is 3. The van der Waals surface area contributed by atoms with Gasteiger partial charge in [0.1, 0.15) is 36.3 Å². The second kappa shape index (κ2) is 34.0. The van der Waals surface area contributed by atoms with Crippen LogP contribution in [0.15, 0.2) is 85.6 Å². The molecule has 2 unspecified atom stereocenters. The molecule has 1 fully saturated rings. The number of thioether (sulfide) groups is 1. The molecule has 2 aromatic heterocycles. The summed E-state index contributed by atoms with van der Waals surface area (Å²) in [5.41, 5.74) is 4.27. The summed E-state index contributed by atoms with van der Waals surface area (Å²) in [6.07, 6.45) is 30.8. The summed E-state index contributed by atoms with van der Waals surface area (Å²) in [5, 5.41) is 26.5. The zero-order valence-electron chi connectivity index (χ0n) is 42.5. The van der Waals surface area contributed by atoms with Gasteiger partial charge in [-0.05, 0) is 63.9 Å². The van der Waals surface area contributed by atoms with Gasteiger partial charge in [0, 0.05) is 30.7 Å². The third kappa shape index (κ3) is 26.3. The minimum absolute atomic E-state index is 0.0300. The van der Waals surface area contributed by atoms with Crippen LogP contribution < -0.4 is 16.4 Å². The fraction of sp³-hybridized carbons (Fsp3) is 0.574. The monoisotopic (exact) mass is 1130 g/mol. The Labute approximate surface area is 441 Å². The fourth-order valence-corrected chi connectivity index (χ4v) is 10.4. The van der Waals surface area contributed by atoms with Gasteiger partial charge in [0.25, 0.3) is 0 Å². The van der Waals surface area contributed by atoms with Gasteiger partial charge < -0.3 is 50.9 Å². The summed E-state index contributed by atoms with van der Waals surface area (Å²) in [5.74, 6) is -1.13. The summed E-state index contributed by atoms with van der Waals surface area (Å²) < 4.78 is 62.5. The number of anilines is 1. The predicted octanol–water partition coefficient (Wildman–Crippen LogP) is 6.70. The molecule has 0 spiro atoms. The minimum Gasteiger partial charge on any atom is -0.386 e. The van der Waals surface area contributed by atoms with Crippen molar-refractivity contribution in [3.05, 3.63) is 85.6 Å². The Morgan fingerprint density at radius 3 is 2.04 bits per heavy atom. The van der Waals surface area contributed by atoms with E-state index in [0.29, 0.717) is 5.75 Å². The number of unbranched alkanes of at least 4 members (excludes halogenated alkanes) is 6. The molecule has 2 aromatic rings. The summed E-state index contributed by atoms with van der Waals surface area (Å²) >= 11 is 1.06. The highest BCUT2D eigenvalue weighted by atomic mass is 32.2. The predicted molar refractivity (Wildman–Crippen MR) is 283 cm³/mol. The van der Waals surface area contributed by atoms with Crippen molar-refractivity contribution >= 4 is 69.1 Å². The molecule has 24 nitrogen and oxygen atoms in total. The number of rotatable bonds is 37. The van der Waals surface area contributed by atoms with Gasteiger partial charge in [-0.25, -0.2) is 28.6 Å². The molecule has 1 saturated heterocycles. The zero-order valence-corrected chi connectivity index (χ0v) is 46.0. The largest absolute Gasteiger partial charge is 0.481 e. The molecule has 1 aliphatic heterocycles. The van der Waals surface area contributed by atoms with Crippen LogP contribution in [0.25, 0.3) is 11.2 Å². The van der Waals surface area contributed by atoms with E-state index in [-0.39, 0.29) is 41.6 Å². The van der Waals surface area contributed by atoms with E-state index in [9.17, 15) is 57.9 Å². The van der Waals surface area contributed by atoms with Crippen molar-refractivity contribution < 1.29 is 80.5 Å². The van der Waals surface area contributed by atoms with E-state index in [1.165, 1.54) is 26.3 Å². The molecule has 3 heterocycles. The van der Waals surface area contributed by atoms with Crippen LogP contribution in [-0.2, 0) is 50.7 Å². The average Bonchev–Trinajstić information content (AvgIpc) is 3.91. The minimum atomic E-state index is -5.58. The maximum Gasteiger partial charge on any atom is 0.481 e. The first-order valence-electron chi connectivity index (χ1n) is 24.5. The molecule has 0 bridgehead atoms. The Kier molecular flexibility index (Phi) is 29.6. The van der Waals surface area contributed by atoms with Gasteiger partial charge in [-0.3, -0.25) is 32.5 Å². The van der Waals surface area contributed by atoms with E-state index in [1.807, 2.05) is 6.08 Å². The Bertz CT molecular complexity index is 2430. The number of hydrogen-bond donors (Lipinski definition) is 9. The molecular formula is C47H74N7O17P3S. The first-order chi connectivity index (χ1) is 35.6. The maximum absolute atomic E-state index is 12.8. The lowest BCUT2D eigenvalue weighted by Gasteiger charge is -2.30. The number of nitrogens with zero attached hydrogens (tertiary/aromatic N) is 4. The highest BCUT2D eigenvalue weighted by molar-refractivity contribution is 8.14.